The number of amides is 1. The summed E-state index contributed by atoms with van der Waals surface area (Å²) in [6.07, 6.45) is 3.72. The molecule has 34 heavy (non-hydrogen) atoms. The molecular weight excluding hydrogens is 426 g/mol. The number of aromatic nitrogens is 1. The molecule has 3 aromatic rings. The van der Waals surface area contributed by atoms with Gasteiger partial charge in [0.15, 0.2) is 0 Å². The maximum Gasteiger partial charge on any atom is 0.219 e. The zero-order valence-electron chi connectivity index (χ0n) is 20.2. The predicted molar refractivity (Wildman–Crippen MR) is 133 cm³/mol. The number of para-hydroxylation sites is 1. The van der Waals surface area contributed by atoms with Crippen molar-refractivity contribution in [1.82, 2.24) is 14.8 Å². The molecule has 1 unspecified atom stereocenters. The van der Waals surface area contributed by atoms with Crippen LogP contribution < -0.4 is 9.47 Å². The van der Waals surface area contributed by atoms with Gasteiger partial charge in [0.25, 0.3) is 0 Å². The van der Waals surface area contributed by atoms with E-state index in [4.69, 9.17) is 9.47 Å². The highest BCUT2D eigenvalue weighted by atomic mass is 16.5. The van der Waals surface area contributed by atoms with E-state index < -0.39 is 0 Å². The summed E-state index contributed by atoms with van der Waals surface area (Å²) in [5.74, 6) is 1.85. The third-order valence-corrected chi connectivity index (χ3v) is 6.04. The summed E-state index contributed by atoms with van der Waals surface area (Å²) in [4.78, 5) is 20.7. The summed E-state index contributed by atoms with van der Waals surface area (Å²) in [6.45, 7) is 9.09. The van der Waals surface area contributed by atoms with E-state index in [0.717, 1.165) is 42.3 Å². The average molecular weight is 460 g/mol. The Bertz CT molecular complexity index is 1070. The first-order chi connectivity index (χ1) is 16.5. The molecule has 2 heterocycles. The molecule has 1 amide bonds. The van der Waals surface area contributed by atoms with Gasteiger partial charge >= 0.3 is 0 Å². The molecule has 0 N–H and O–H groups in total. The minimum absolute atomic E-state index is 0.0946. The topological polar surface area (TPSA) is 54.9 Å². The summed E-state index contributed by atoms with van der Waals surface area (Å²) in [5, 5.41) is 0. The molecule has 1 aliphatic heterocycles. The smallest absolute Gasteiger partial charge is 0.219 e. The Kier molecular flexibility index (Phi) is 7.80. The number of benzene rings is 2. The first kappa shape index (κ1) is 23.8. The number of carbonyl (C=O) groups is 1. The van der Waals surface area contributed by atoms with Crippen molar-refractivity contribution < 1.29 is 14.3 Å². The Labute approximate surface area is 202 Å². The molecule has 1 aliphatic rings. The van der Waals surface area contributed by atoms with Crippen molar-refractivity contribution in [2.24, 2.45) is 0 Å². The molecule has 4 rings (SSSR count). The van der Waals surface area contributed by atoms with E-state index in [2.05, 4.69) is 28.1 Å². The van der Waals surface area contributed by atoms with Gasteiger partial charge in [-0.15, -0.1) is 0 Å². The van der Waals surface area contributed by atoms with E-state index in [9.17, 15) is 4.79 Å². The number of hydrogen-bond acceptors (Lipinski definition) is 5. The van der Waals surface area contributed by atoms with Crippen LogP contribution in [0.15, 0.2) is 73.1 Å². The minimum atomic E-state index is 0.0946. The number of carbonyl (C=O) groups excluding carboxylic acids is 1. The molecule has 1 aromatic heterocycles. The van der Waals surface area contributed by atoms with Gasteiger partial charge in [-0.25, -0.2) is 0 Å². The lowest BCUT2D eigenvalue weighted by molar-refractivity contribution is -0.132. The molecule has 178 valence electrons. The molecule has 6 heteroatoms. The van der Waals surface area contributed by atoms with Gasteiger partial charge in [0, 0.05) is 56.6 Å². The highest BCUT2D eigenvalue weighted by Gasteiger charge is 2.30. The second-order valence-electron chi connectivity index (χ2n) is 8.94. The molecule has 0 spiro atoms. The average Bonchev–Trinajstić information content (AvgIpc) is 2.84. The fourth-order valence-electron chi connectivity index (χ4n) is 4.29. The van der Waals surface area contributed by atoms with Crippen molar-refractivity contribution in [3.63, 3.8) is 0 Å². The molecule has 2 aromatic carbocycles. The van der Waals surface area contributed by atoms with Crippen molar-refractivity contribution >= 4 is 5.91 Å². The van der Waals surface area contributed by atoms with Crippen LogP contribution in [0.4, 0.5) is 0 Å². The second-order valence-corrected chi connectivity index (χ2v) is 8.94. The number of hydrogen-bond donors (Lipinski definition) is 0. The van der Waals surface area contributed by atoms with Crippen LogP contribution in [0.25, 0.3) is 0 Å². The summed E-state index contributed by atoms with van der Waals surface area (Å²) in [7, 11) is 0. The standard InChI is InChI=1S/C28H33N3O3/c1-21(2)34-26-12-10-24(11-13-26)27-19-30(22(3)32)15-16-31(27)18-25-8-4-5-9-28(25)33-20-23-7-6-14-29-17-23/h4-14,17,21,27H,15-16,18-20H2,1-3H3. The molecule has 0 saturated carbocycles. The predicted octanol–water partition coefficient (Wildman–Crippen LogP) is 4.85. The van der Waals surface area contributed by atoms with Gasteiger partial charge in [0.05, 0.1) is 12.1 Å². The Hall–Kier alpha value is -3.38. The van der Waals surface area contributed by atoms with Crippen molar-refractivity contribution in [2.45, 2.75) is 46.1 Å². The van der Waals surface area contributed by atoms with Crippen LogP contribution in [0.1, 0.15) is 43.5 Å². The largest absolute Gasteiger partial charge is 0.491 e. The summed E-state index contributed by atoms with van der Waals surface area (Å²) in [5.41, 5.74) is 3.34. The van der Waals surface area contributed by atoms with Gasteiger partial charge in [-0.2, -0.15) is 0 Å². The third kappa shape index (κ3) is 6.14. The van der Waals surface area contributed by atoms with E-state index in [-0.39, 0.29) is 18.1 Å². The van der Waals surface area contributed by atoms with Gasteiger partial charge in [0.1, 0.15) is 18.1 Å². The molecule has 1 saturated heterocycles. The number of piperazine rings is 1. The van der Waals surface area contributed by atoms with Crippen molar-refractivity contribution in [3.8, 4) is 11.5 Å². The molecule has 0 aliphatic carbocycles. The molecule has 0 bridgehead atoms. The molecule has 1 atom stereocenters. The highest BCUT2D eigenvalue weighted by Crippen LogP contribution is 2.31. The van der Waals surface area contributed by atoms with Crippen LogP contribution in [0, 0.1) is 0 Å². The van der Waals surface area contributed by atoms with E-state index in [1.54, 1.807) is 13.1 Å². The fraction of sp³-hybridized carbons (Fsp3) is 0.357. The molecule has 6 nitrogen and oxygen atoms in total. The van der Waals surface area contributed by atoms with Gasteiger partial charge in [0.2, 0.25) is 5.91 Å². The van der Waals surface area contributed by atoms with Crippen molar-refractivity contribution in [1.29, 1.82) is 0 Å². The van der Waals surface area contributed by atoms with Gasteiger partial charge < -0.3 is 14.4 Å². The highest BCUT2D eigenvalue weighted by molar-refractivity contribution is 5.73. The monoisotopic (exact) mass is 459 g/mol. The van der Waals surface area contributed by atoms with E-state index >= 15 is 0 Å². The van der Waals surface area contributed by atoms with Gasteiger partial charge in [-0.3, -0.25) is 14.7 Å². The molecule has 0 radical (unpaired) electrons. The maximum absolute atomic E-state index is 12.2. The van der Waals surface area contributed by atoms with Crippen LogP contribution in [-0.4, -0.2) is 46.4 Å². The first-order valence-corrected chi connectivity index (χ1v) is 11.9. The van der Waals surface area contributed by atoms with Crippen molar-refractivity contribution in [2.75, 3.05) is 19.6 Å². The maximum atomic E-state index is 12.2. The van der Waals surface area contributed by atoms with E-state index in [1.165, 1.54) is 5.56 Å². The lowest BCUT2D eigenvalue weighted by Gasteiger charge is -2.41. The first-order valence-electron chi connectivity index (χ1n) is 11.9. The number of nitrogens with zero attached hydrogens (tertiary/aromatic N) is 3. The summed E-state index contributed by atoms with van der Waals surface area (Å²) in [6, 6.07) is 20.5. The Morgan fingerprint density at radius 2 is 1.85 bits per heavy atom. The SMILES string of the molecule is CC(=O)N1CCN(Cc2ccccc2OCc2cccnc2)C(c2ccc(OC(C)C)cc2)C1. The van der Waals surface area contributed by atoms with Crippen LogP contribution in [0.2, 0.25) is 0 Å². The summed E-state index contributed by atoms with van der Waals surface area (Å²) >= 11 is 0. The second kappa shape index (κ2) is 11.2. The molecular formula is C28H33N3O3. The van der Waals surface area contributed by atoms with Crippen LogP contribution >= 0.6 is 0 Å². The quantitative estimate of drug-likeness (QED) is 0.482. The number of pyridine rings is 1. The van der Waals surface area contributed by atoms with Gasteiger partial charge in [-0.1, -0.05) is 36.4 Å². The lowest BCUT2D eigenvalue weighted by Crippen LogP contribution is -2.49. The summed E-state index contributed by atoms with van der Waals surface area (Å²) < 4.78 is 12.0. The zero-order valence-corrected chi connectivity index (χ0v) is 20.2. The normalized spacial score (nSPS) is 16.5. The fourth-order valence-corrected chi connectivity index (χ4v) is 4.29. The van der Waals surface area contributed by atoms with Crippen LogP contribution in [0.3, 0.4) is 0 Å². The Balaban J connectivity index is 1.53. The molecule has 1 fully saturated rings. The number of rotatable bonds is 8. The lowest BCUT2D eigenvalue weighted by atomic mass is 10.0. The third-order valence-electron chi connectivity index (χ3n) is 6.04. The van der Waals surface area contributed by atoms with Crippen molar-refractivity contribution in [3.05, 3.63) is 89.7 Å². The zero-order chi connectivity index (χ0) is 23.9. The van der Waals surface area contributed by atoms with E-state index in [0.29, 0.717) is 13.2 Å². The van der Waals surface area contributed by atoms with Gasteiger partial charge in [-0.05, 0) is 43.7 Å². The number of ether oxygens (including phenoxy) is 2. The van der Waals surface area contributed by atoms with E-state index in [1.807, 2.05) is 67.4 Å². The van der Waals surface area contributed by atoms with Crippen LogP contribution in [0.5, 0.6) is 11.5 Å². The minimum Gasteiger partial charge on any atom is -0.491 e. The Morgan fingerprint density at radius 3 is 2.56 bits per heavy atom. The Morgan fingerprint density at radius 1 is 1.06 bits per heavy atom. The van der Waals surface area contributed by atoms with Crippen LogP contribution in [-0.2, 0) is 17.9 Å².